The van der Waals surface area contributed by atoms with Gasteiger partial charge in [-0.2, -0.15) is 0 Å². The SMILES string of the molecule is Cn1ccc(C(CN)c2ccc3c(c2)OCO3)c1. The molecule has 0 spiro atoms. The van der Waals surface area contributed by atoms with Crippen molar-refractivity contribution in [3.05, 3.63) is 47.8 Å². The highest BCUT2D eigenvalue weighted by atomic mass is 16.7. The second-order valence-corrected chi connectivity index (χ2v) is 4.51. The van der Waals surface area contributed by atoms with Gasteiger partial charge in [-0.15, -0.1) is 0 Å². The zero-order chi connectivity index (χ0) is 12.5. The first-order chi connectivity index (χ1) is 8.78. The predicted octanol–water partition coefficient (Wildman–Crippen LogP) is 1.84. The summed E-state index contributed by atoms with van der Waals surface area (Å²) in [4.78, 5) is 0. The Morgan fingerprint density at radius 2 is 2.06 bits per heavy atom. The normalized spacial score (nSPS) is 14.8. The lowest BCUT2D eigenvalue weighted by molar-refractivity contribution is 0.174. The van der Waals surface area contributed by atoms with E-state index in [4.69, 9.17) is 15.2 Å². The van der Waals surface area contributed by atoms with Crippen LogP contribution in [0.25, 0.3) is 0 Å². The Kier molecular flexibility index (Phi) is 2.72. The van der Waals surface area contributed by atoms with Crippen LogP contribution in [0.5, 0.6) is 11.5 Å². The van der Waals surface area contributed by atoms with E-state index in [2.05, 4.69) is 18.3 Å². The first-order valence-electron chi connectivity index (χ1n) is 5.99. The maximum atomic E-state index is 5.91. The quantitative estimate of drug-likeness (QED) is 0.896. The molecule has 1 aliphatic heterocycles. The molecule has 1 aromatic carbocycles. The number of fused-ring (bicyclic) bond motifs is 1. The van der Waals surface area contributed by atoms with Crippen molar-refractivity contribution in [2.45, 2.75) is 5.92 Å². The Bertz CT molecular complexity index is 563. The van der Waals surface area contributed by atoms with Crippen LogP contribution >= 0.6 is 0 Å². The standard InChI is InChI=1S/C14H16N2O2/c1-16-5-4-11(8-16)12(7-15)10-2-3-13-14(6-10)18-9-17-13/h2-6,8,12H,7,9,15H2,1H3. The topological polar surface area (TPSA) is 49.4 Å². The fourth-order valence-electron chi connectivity index (χ4n) is 2.33. The third kappa shape index (κ3) is 1.84. The van der Waals surface area contributed by atoms with Gasteiger partial charge in [-0.3, -0.25) is 0 Å². The van der Waals surface area contributed by atoms with Crippen LogP contribution < -0.4 is 15.2 Å². The van der Waals surface area contributed by atoms with E-state index in [-0.39, 0.29) is 5.92 Å². The lowest BCUT2D eigenvalue weighted by atomic mass is 9.93. The molecule has 3 rings (SSSR count). The molecule has 1 atom stereocenters. The summed E-state index contributed by atoms with van der Waals surface area (Å²) in [5.74, 6) is 1.81. The molecule has 18 heavy (non-hydrogen) atoms. The molecule has 0 radical (unpaired) electrons. The van der Waals surface area contributed by atoms with Gasteiger partial charge in [0.05, 0.1) is 0 Å². The maximum absolute atomic E-state index is 5.91. The van der Waals surface area contributed by atoms with Crippen molar-refractivity contribution in [2.24, 2.45) is 12.8 Å². The van der Waals surface area contributed by atoms with Gasteiger partial charge >= 0.3 is 0 Å². The molecule has 0 saturated carbocycles. The maximum Gasteiger partial charge on any atom is 0.231 e. The molecule has 4 nitrogen and oxygen atoms in total. The van der Waals surface area contributed by atoms with Crippen LogP contribution in [0.4, 0.5) is 0 Å². The van der Waals surface area contributed by atoms with Crippen molar-refractivity contribution >= 4 is 0 Å². The molecule has 1 aromatic heterocycles. The number of nitrogens with two attached hydrogens (primary N) is 1. The van der Waals surface area contributed by atoms with Gasteiger partial charge in [-0.05, 0) is 29.3 Å². The molecule has 1 unspecified atom stereocenters. The number of rotatable bonds is 3. The smallest absolute Gasteiger partial charge is 0.231 e. The molecule has 0 aliphatic carbocycles. The third-order valence-electron chi connectivity index (χ3n) is 3.29. The van der Waals surface area contributed by atoms with Crippen molar-refractivity contribution in [1.29, 1.82) is 0 Å². The molecular formula is C14H16N2O2. The van der Waals surface area contributed by atoms with Crippen LogP contribution in [0.15, 0.2) is 36.7 Å². The number of hydrogen-bond acceptors (Lipinski definition) is 3. The molecule has 94 valence electrons. The highest BCUT2D eigenvalue weighted by Crippen LogP contribution is 2.36. The Balaban J connectivity index is 1.96. The molecule has 2 N–H and O–H groups in total. The molecule has 0 amide bonds. The van der Waals surface area contributed by atoms with E-state index in [1.807, 2.05) is 29.9 Å². The van der Waals surface area contributed by atoms with Gasteiger partial charge in [0.2, 0.25) is 6.79 Å². The van der Waals surface area contributed by atoms with Crippen molar-refractivity contribution in [3.63, 3.8) is 0 Å². The molecule has 0 fully saturated rings. The number of ether oxygens (including phenoxy) is 2. The largest absolute Gasteiger partial charge is 0.454 e. The third-order valence-corrected chi connectivity index (χ3v) is 3.29. The molecule has 1 aliphatic rings. The van der Waals surface area contributed by atoms with Crippen LogP contribution in [0.1, 0.15) is 17.0 Å². The second kappa shape index (κ2) is 4.38. The van der Waals surface area contributed by atoms with Crippen LogP contribution in [-0.4, -0.2) is 17.9 Å². The average molecular weight is 244 g/mol. The Morgan fingerprint density at radius 3 is 2.78 bits per heavy atom. The van der Waals surface area contributed by atoms with Gasteiger partial charge in [0, 0.05) is 31.9 Å². The van der Waals surface area contributed by atoms with Crippen LogP contribution in [0.3, 0.4) is 0 Å². The van der Waals surface area contributed by atoms with Crippen molar-refractivity contribution < 1.29 is 9.47 Å². The van der Waals surface area contributed by atoms with E-state index in [9.17, 15) is 0 Å². The summed E-state index contributed by atoms with van der Waals surface area (Å²) < 4.78 is 12.8. The second-order valence-electron chi connectivity index (χ2n) is 4.51. The fourth-order valence-corrected chi connectivity index (χ4v) is 2.33. The monoisotopic (exact) mass is 244 g/mol. The minimum absolute atomic E-state index is 0.195. The van der Waals surface area contributed by atoms with Crippen molar-refractivity contribution in [1.82, 2.24) is 4.57 Å². The van der Waals surface area contributed by atoms with Gasteiger partial charge in [0.1, 0.15) is 0 Å². The van der Waals surface area contributed by atoms with Crippen LogP contribution in [0, 0.1) is 0 Å². The minimum atomic E-state index is 0.195. The van der Waals surface area contributed by atoms with E-state index in [0.29, 0.717) is 13.3 Å². The van der Waals surface area contributed by atoms with Crippen molar-refractivity contribution in [2.75, 3.05) is 13.3 Å². The number of hydrogen-bond donors (Lipinski definition) is 1. The minimum Gasteiger partial charge on any atom is -0.454 e. The molecule has 0 saturated heterocycles. The van der Waals surface area contributed by atoms with Gasteiger partial charge in [0.15, 0.2) is 11.5 Å². The summed E-state index contributed by atoms with van der Waals surface area (Å²) in [6, 6.07) is 8.12. The van der Waals surface area contributed by atoms with E-state index >= 15 is 0 Å². The summed E-state index contributed by atoms with van der Waals surface area (Å²) in [5, 5.41) is 0. The van der Waals surface area contributed by atoms with Gasteiger partial charge in [0.25, 0.3) is 0 Å². The first-order valence-corrected chi connectivity index (χ1v) is 5.99. The molecule has 0 bridgehead atoms. The zero-order valence-electron chi connectivity index (χ0n) is 10.3. The Morgan fingerprint density at radius 1 is 1.22 bits per heavy atom. The number of aryl methyl sites for hydroxylation is 1. The summed E-state index contributed by atoms with van der Waals surface area (Å²) in [6.07, 6.45) is 4.13. The average Bonchev–Trinajstić information content (AvgIpc) is 2.99. The predicted molar refractivity (Wildman–Crippen MR) is 68.9 cm³/mol. The molecule has 2 aromatic rings. The summed E-state index contributed by atoms with van der Waals surface area (Å²) in [6.45, 7) is 0.876. The van der Waals surface area contributed by atoms with Gasteiger partial charge in [-0.25, -0.2) is 0 Å². The van der Waals surface area contributed by atoms with E-state index in [1.165, 1.54) is 5.56 Å². The van der Waals surface area contributed by atoms with Crippen molar-refractivity contribution in [3.8, 4) is 11.5 Å². The molecule has 2 heterocycles. The summed E-state index contributed by atoms with van der Waals surface area (Å²) in [7, 11) is 2.01. The fraction of sp³-hybridized carbons (Fsp3) is 0.286. The summed E-state index contributed by atoms with van der Waals surface area (Å²) >= 11 is 0. The van der Waals surface area contributed by atoms with E-state index in [0.717, 1.165) is 17.1 Å². The Labute approximate surface area is 106 Å². The van der Waals surface area contributed by atoms with Crippen LogP contribution in [-0.2, 0) is 7.05 Å². The van der Waals surface area contributed by atoms with Crippen LogP contribution in [0.2, 0.25) is 0 Å². The zero-order valence-corrected chi connectivity index (χ0v) is 10.3. The van der Waals surface area contributed by atoms with Gasteiger partial charge in [-0.1, -0.05) is 6.07 Å². The number of aromatic nitrogens is 1. The number of benzene rings is 1. The van der Waals surface area contributed by atoms with E-state index in [1.54, 1.807) is 0 Å². The summed E-state index contributed by atoms with van der Waals surface area (Å²) in [5.41, 5.74) is 8.29. The first kappa shape index (κ1) is 11.2. The lowest BCUT2D eigenvalue weighted by Crippen LogP contribution is -2.13. The highest BCUT2D eigenvalue weighted by Gasteiger charge is 2.18. The Hall–Kier alpha value is -1.94. The lowest BCUT2D eigenvalue weighted by Gasteiger charge is -2.14. The van der Waals surface area contributed by atoms with E-state index < -0.39 is 0 Å². The molecule has 4 heteroatoms. The number of nitrogens with zero attached hydrogens (tertiary/aromatic N) is 1. The molecular weight excluding hydrogens is 228 g/mol. The highest BCUT2D eigenvalue weighted by molar-refractivity contribution is 5.47. The van der Waals surface area contributed by atoms with Gasteiger partial charge < -0.3 is 19.8 Å².